The van der Waals surface area contributed by atoms with Gasteiger partial charge in [-0.05, 0) is 44.5 Å². The minimum absolute atomic E-state index is 0.557. The highest BCUT2D eigenvalue weighted by Gasteiger charge is 2.12. The average molecular weight is 362 g/mol. The molecule has 0 bridgehead atoms. The Morgan fingerprint density at radius 2 is 1.63 bits per heavy atom. The third kappa shape index (κ3) is 3.95. The summed E-state index contributed by atoms with van der Waals surface area (Å²) in [4.78, 5) is 9.09. The van der Waals surface area contributed by atoms with Gasteiger partial charge < -0.3 is 20.1 Å². The number of nitrogens with one attached hydrogen (secondary N) is 2. The molecular formula is C21H22N4O2. The second-order valence-corrected chi connectivity index (χ2v) is 6.64. The summed E-state index contributed by atoms with van der Waals surface area (Å²) in [7, 11) is 0. The van der Waals surface area contributed by atoms with Gasteiger partial charge in [-0.1, -0.05) is 17.7 Å². The highest BCUT2D eigenvalue weighted by atomic mass is 16.6. The van der Waals surface area contributed by atoms with E-state index in [0.29, 0.717) is 25.0 Å². The molecule has 2 aromatic carbocycles. The van der Waals surface area contributed by atoms with Gasteiger partial charge in [-0.3, -0.25) is 0 Å². The van der Waals surface area contributed by atoms with Crippen LogP contribution in [0.4, 0.5) is 23.1 Å². The molecule has 2 N–H and O–H groups in total. The molecule has 0 saturated carbocycles. The molecule has 0 unspecified atom stereocenters. The highest BCUT2D eigenvalue weighted by molar-refractivity contribution is 5.64. The summed E-state index contributed by atoms with van der Waals surface area (Å²) in [6.45, 7) is 7.24. The Hall–Kier alpha value is -3.28. The van der Waals surface area contributed by atoms with Crippen molar-refractivity contribution < 1.29 is 9.47 Å². The lowest BCUT2D eigenvalue weighted by molar-refractivity contribution is 0.171. The first kappa shape index (κ1) is 17.1. The Morgan fingerprint density at radius 1 is 0.815 bits per heavy atom. The van der Waals surface area contributed by atoms with Crippen molar-refractivity contribution >= 4 is 23.1 Å². The van der Waals surface area contributed by atoms with Gasteiger partial charge in [0.1, 0.15) is 19.0 Å². The largest absolute Gasteiger partial charge is 0.486 e. The van der Waals surface area contributed by atoms with E-state index < -0.39 is 0 Å². The molecule has 1 aliphatic rings. The van der Waals surface area contributed by atoms with Crippen molar-refractivity contribution in [2.75, 3.05) is 23.8 Å². The molecule has 6 nitrogen and oxygen atoms in total. The topological polar surface area (TPSA) is 68.3 Å². The SMILES string of the molecule is Cc1ccc(Nc2nc(C)cc(Nc3ccc4c(c3)OCCO4)n2)c(C)c1. The van der Waals surface area contributed by atoms with Crippen molar-refractivity contribution in [1.82, 2.24) is 9.97 Å². The standard InChI is InChI=1S/C21H22N4O2/c1-13-4-6-17(14(2)10-13)24-21-22-15(3)11-20(25-21)23-16-5-7-18-19(12-16)27-9-8-26-18/h4-7,10-12H,8-9H2,1-3H3,(H2,22,23,24,25). The third-order valence-corrected chi connectivity index (χ3v) is 4.30. The molecule has 0 aliphatic carbocycles. The number of hydrogen-bond donors (Lipinski definition) is 2. The molecular weight excluding hydrogens is 340 g/mol. The van der Waals surface area contributed by atoms with Crippen LogP contribution in [0, 0.1) is 20.8 Å². The van der Waals surface area contributed by atoms with E-state index in [2.05, 4.69) is 46.6 Å². The molecule has 6 heteroatoms. The summed E-state index contributed by atoms with van der Waals surface area (Å²) in [5.41, 5.74) is 5.13. The van der Waals surface area contributed by atoms with Gasteiger partial charge in [0.25, 0.3) is 0 Å². The zero-order valence-electron chi connectivity index (χ0n) is 15.7. The Labute approximate surface area is 158 Å². The molecule has 0 atom stereocenters. The van der Waals surface area contributed by atoms with Gasteiger partial charge in [0.2, 0.25) is 5.95 Å². The molecule has 4 rings (SSSR count). The number of ether oxygens (including phenoxy) is 2. The summed E-state index contributed by atoms with van der Waals surface area (Å²) < 4.78 is 11.2. The molecule has 1 aliphatic heterocycles. The number of rotatable bonds is 4. The van der Waals surface area contributed by atoms with Crippen molar-refractivity contribution in [2.45, 2.75) is 20.8 Å². The van der Waals surface area contributed by atoms with Gasteiger partial charge in [0, 0.05) is 29.2 Å². The Balaban J connectivity index is 1.57. The number of nitrogens with zero attached hydrogens (tertiary/aromatic N) is 2. The maximum atomic E-state index is 5.64. The van der Waals surface area contributed by atoms with E-state index in [-0.39, 0.29) is 0 Å². The molecule has 3 aromatic rings. The molecule has 0 saturated heterocycles. The fourth-order valence-corrected chi connectivity index (χ4v) is 3.03. The maximum Gasteiger partial charge on any atom is 0.229 e. The van der Waals surface area contributed by atoms with Gasteiger partial charge in [-0.25, -0.2) is 4.98 Å². The van der Waals surface area contributed by atoms with Gasteiger partial charge in [0.05, 0.1) is 0 Å². The minimum Gasteiger partial charge on any atom is -0.486 e. The van der Waals surface area contributed by atoms with Crippen LogP contribution in [0.1, 0.15) is 16.8 Å². The third-order valence-electron chi connectivity index (χ3n) is 4.30. The highest BCUT2D eigenvalue weighted by Crippen LogP contribution is 2.33. The number of fused-ring (bicyclic) bond motifs is 1. The van der Waals surface area contributed by atoms with Crippen molar-refractivity contribution in [3.05, 3.63) is 59.3 Å². The first-order chi connectivity index (χ1) is 13.1. The van der Waals surface area contributed by atoms with Crippen LogP contribution in [0.2, 0.25) is 0 Å². The Kier molecular flexibility index (Phi) is 4.54. The van der Waals surface area contributed by atoms with Crippen molar-refractivity contribution in [3.63, 3.8) is 0 Å². The number of anilines is 4. The number of aromatic nitrogens is 2. The van der Waals surface area contributed by atoms with Crippen LogP contribution in [-0.4, -0.2) is 23.2 Å². The number of benzene rings is 2. The van der Waals surface area contributed by atoms with Crippen molar-refractivity contribution in [2.24, 2.45) is 0 Å². The Morgan fingerprint density at radius 3 is 2.44 bits per heavy atom. The van der Waals surface area contributed by atoms with Crippen LogP contribution in [0.15, 0.2) is 42.5 Å². The van der Waals surface area contributed by atoms with Gasteiger partial charge in [-0.2, -0.15) is 4.98 Å². The molecule has 0 amide bonds. The van der Waals surface area contributed by atoms with E-state index in [1.807, 2.05) is 37.3 Å². The Bertz CT molecular complexity index is 988. The lowest BCUT2D eigenvalue weighted by atomic mass is 10.1. The molecule has 0 radical (unpaired) electrons. The van der Waals surface area contributed by atoms with E-state index in [4.69, 9.17) is 9.47 Å². The lowest BCUT2D eigenvalue weighted by Crippen LogP contribution is -2.15. The fourth-order valence-electron chi connectivity index (χ4n) is 3.03. The van der Waals surface area contributed by atoms with Crippen molar-refractivity contribution in [3.8, 4) is 11.5 Å². The van der Waals surface area contributed by atoms with Crippen LogP contribution in [-0.2, 0) is 0 Å². The molecule has 0 fully saturated rings. The molecule has 0 spiro atoms. The van der Waals surface area contributed by atoms with Gasteiger partial charge >= 0.3 is 0 Å². The van der Waals surface area contributed by atoms with Crippen LogP contribution in [0.3, 0.4) is 0 Å². The summed E-state index contributed by atoms with van der Waals surface area (Å²) in [6, 6.07) is 13.9. The predicted molar refractivity (Wildman–Crippen MR) is 107 cm³/mol. The second-order valence-electron chi connectivity index (χ2n) is 6.64. The van der Waals surface area contributed by atoms with E-state index in [1.54, 1.807) is 0 Å². The lowest BCUT2D eigenvalue weighted by Gasteiger charge is -2.19. The zero-order valence-corrected chi connectivity index (χ0v) is 15.7. The molecule has 1 aromatic heterocycles. The summed E-state index contributed by atoms with van der Waals surface area (Å²) in [5.74, 6) is 2.78. The predicted octanol–water partition coefficient (Wildman–Crippen LogP) is 4.66. The average Bonchev–Trinajstić information content (AvgIpc) is 2.63. The monoisotopic (exact) mass is 362 g/mol. The maximum absolute atomic E-state index is 5.64. The smallest absolute Gasteiger partial charge is 0.229 e. The van der Waals surface area contributed by atoms with E-state index in [1.165, 1.54) is 5.56 Å². The van der Waals surface area contributed by atoms with Crippen LogP contribution in [0.5, 0.6) is 11.5 Å². The van der Waals surface area contributed by atoms with Crippen LogP contribution >= 0.6 is 0 Å². The van der Waals surface area contributed by atoms with E-state index in [9.17, 15) is 0 Å². The normalized spacial score (nSPS) is 12.6. The first-order valence-corrected chi connectivity index (χ1v) is 8.93. The van der Waals surface area contributed by atoms with Crippen LogP contribution in [0.25, 0.3) is 0 Å². The second kappa shape index (κ2) is 7.15. The van der Waals surface area contributed by atoms with Gasteiger partial charge in [-0.15, -0.1) is 0 Å². The summed E-state index contributed by atoms with van der Waals surface area (Å²) in [5, 5.41) is 6.63. The van der Waals surface area contributed by atoms with E-state index in [0.717, 1.165) is 34.1 Å². The van der Waals surface area contributed by atoms with E-state index >= 15 is 0 Å². The first-order valence-electron chi connectivity index (χ1n) is 8.93. The zero-order chi connectivity index (χ0) is 18.8. The molecule has 2 heterocycles. The quantitative estimate of drug-likeness (QED) is 0.703. The van der Waals surface area contributed by atoms with Crippen LogP contribution < -0.4 is 20.1 Å². The minimum atomic E-state index is 0.557. The van der Waals surface area contributed by atoms with Gasteiger partial charge in [0.15, 0.2) is 11.5 Å². The summed E-state index contributed by atoms with van der Waals surface area (Å²) >= 11 is 0. The molecule has 27 heavy (non-hydrogen) atoms. The van der Waals surface area contributed by atoms with Crippen molar-refractivity contribution in [1.29, 1.82) is 0 Å². The molecule has 138 valence electrons. The summed E-state index contributed by atoms with van der Waals surface area (Å²) in [6.07, 6.45) is 0. The number of hydrogen-bond acceptors (Lipinski definition) is 6. The number of aryl methyl sites for hydroxylation is 3. The fraction of sp³-hybridized carbons (Fsp3) is 0.238.